The predicted octanol–water partition coefficient (Wildman–Crippen LogP) is 1.49. The van der Waals surface area contributed by atoms with Crippen LogP contribution in [0.15, 0.2) is 0 Å². The first-order chi connectivity index (χ1) is 6.54. The first-order valence-corrected chi connectivity index (χ1v) is 5.19. The number of anilines is 1. The molecule has 0 radical (unpaired) electrons. The first kappa shape index (κ1) is 11.2. The van der Waals surface area contributed by atoms with Crippen molar-refractivity contribution in [1.82, 2.24) is 4.98 Å². The maximum atomic E-state index is 9.15. The largest absolute Gasteiger partial charge is 0.392 e. The lowest BCUT2D eigenvalue weighted by atomic mass is 10.4. The van der Waals surface area contributed by atoms with Crippen LogP contribution in [-0.2, 0) is 0 Å². The van der Waals surface area contributed by atoms with E-state index < -0.39 is 6.10 Å². The van der Waals surface area contributed by atoms with E-state index in [2.05, 4.69) is 4.98 Å². The molecule has 76 valence electrons. The van der Waals surface area contributed by atoms with Crippen LogP contribution in [-0.4, -0.2) is 29.8 Å². The molecule has 0 aromatic carbocycles. The Morgan fingerprint density at radius 3 is 2.86 bits per heavy atom. The Hall–Kier alpha value is -0.830. The second-order valence-corrected chi connectivity index (χ2v) is 4.29. The molecule has 1 N–H and O–H groups in total. The van der Waals surface area contributed by atoms with Gasteiger partial charge in [-0.3, -0.25) is 0 Å². The van der Waals surface area contributed by atoms with Crippen LogP contribution in [0.5, 0.6) is 0 Å². The number of nitrogens with zero attached hydrogens (tertiary/aromatic N) is 3. The van der Waals surface area contributed by atoms with Crippen molar-refractivity contribution in [2.24, 2.45) is 0 Å². The van der Waals surface area contributed by atoms with E-state index in [1.807, 2.05) is 6.07 Å². The summed E-state index contributed by atoms with van der Waals surface area (Å²) in [4.78, 5) is 6.18. The van der Waals surface area contributed by atoms with Gasteiger partial charge in [0.15, 0.2) is 10.3 Å². The maximum Gasteiger partial charge on any atom is 0.187 e. The van der Waals surface area contributed by atoms with Crippen LogP contribution in [0, 0.1) is 11.3 Å². The molecule has 1 atom stereocenters. The van der Waals surface area contributed by atoms with Crippen LogP contribution in [0.1, 0.15) is 11.8 Å². The van der Waals surface area contributed by atoms with Crippen molar-refractivity contribution in [3.05, 3.63) is 10.0 Å². The molecule has 0 bridgehead atoms. The molecule has 4 nitrogen and oxygen atoms in total. The van der Waals surface area contributed by atoms with Gasteiger partial charge in [0.1, 0.15) is 10.9 Å². The number of aromatic nitrogens is 1. The van der Waals surface area contributed by atoms with E-state index in [4.69, 9.17) is 22.0 Å². The molecule has 0 saturated heterocycles. The molecular formula is C8H10ClN3OS. The highest BCUT2D eigenvalue weighted by atomic mass is 35.5. The fourth-order valence-corrected chi connectivity index (χ4v) is 2.01. The third-order valence-electron chi connectivity index (χ3n) is 1.54. The fourth-order valence-electron chi connectivity index (χ4n) is 0.998. The summed E-state index contributed by atoms with van der Waals surface area (Å²) in [5.74, 6) is 0. The Morgan fingerprint density at radius 1 is 1.79 bits per heavy atom. The highest BCUT2D eigenvalue weighted by Gasteiger charge is 2.13. The lowest BCUT2D eigenvalue weighted by Gasteiger charge is -2.16. The van der Waals surface area contributed by atoms with E-state index >= 15 is 0 Å². The topological polar surface area (TPSA) is 60.1 Å². The van der Waals surface area contributed by atoms with Gasteiger partial charge in [0, 0.05) is 13.6 Å². The zero-order valence-corrected chi connectivity index (χ0v) is 9.43. The van der Waals surface area contributed by atoms with E-state index in [9.17, 15) is 0 Å². The molecule has 0 aliphatic heterocycles. The number of aliphatic hydroxyl groups excluding tert-OH is 1. The van der Waals surface area contributed by atoms with Crippen LogP contribution in [0.3, 0.4) is 0 Å². The van der Waals surface area contributed by atoms with Crippen molar-refractivity contribution < 1.29 is 5.11 Å². The van der Waals surface area contributed by atoms with Crippen LogP contribution in [0.4, 0.5) is 5.13 Å². The van der Waals surface area contributed by atoms with Crippen LogP contribution >= 0.6 is 22.9 Å². The molecule has 14 heavy (non-hydrogen) atoms. The predicted molar refractivity (Wildman–Crippen MR) is 56.8 cm³/mol. The van der Waals surface area contributed by atoms with Crippen molar-refractivity contribution in [2.45, 2.75) is 13.0 Å². The van der Waals surface area contributed by atoms with Gasteiger partial charge in [0.25, 0.3) is 0 Å². The minimum absolute atomic E-state index is 0.227. The Bertz CT molecular complexity index is 358. The lowest BCUT2D eigenvalue weighted by Crippen LogP contribution is -2.26. The number of rotatable bonds is 3. The summed E-state index contributed by atoms with van der Waals surface area (Å²) in [6.07, 6.45) is -0.437. The number of nitriles is 1. The average molecular weight is 232 g/mol. The fraction of sp³-hybridized carbons (Fsp3) is 0.500. The molecule has 0 spiro atoms. The minimum Gasteiger partial charge on any atom is -0.392 e. The van der Waals surface area contributed by atoms with Crippen molar-refractivity contribution >= 4 is 28.1 Å². The van der Waals surface area contributed by atoms with E-state index in [0.717, 1.165) is 0 Å². The van der Waals surface area contributed by atoms with Gasteiger partial charge in [-0.1, -0.05) is 22.9 Å². The van der Waals surface area contributed by atoms with Crippen LogP contribution in [0.2, 0.25) is 5.15 Å². The van der Waals surface area contributed by atoms with Crippen molar-refractivity contribution in [2.75, 3.05) is 18.5 Å². The smallest absolute Gasteiger partial charge is 0.187 e. The summed E-state index contributed by atoms with van der Waals surface area (Å²) in [7, 11) is 1.79. The van der Waals surface area contributed by atoms with Gasteiger partial charge in [-0.15, -0.1) is 0 Å². The lowest BCUT2D eigenvalue weighted by molar-refractivity contribution is 0.201. The Morgan fingerprint density at radius 2 is 2.43 bits per heavy atom. The van der Waals surface area contributed by atoms with E-state index in [1.165, 1.54) is 11.3 Å². The molecule has 1 aromatic rings. The molecule has 6 heteroatoms. The van der Waals surface area contributed by atoms with Gasteiger partial charge in [-0.2, -0.15) is 5.26 Å². The zero-order valence-electron chi connectivity index (χ0n) is 7.86. The summed E-state index contributed by atoms with van der Waals surface area (Å²) in [5, 5.41) is 18.7. The van der Waals surface area contributed by atoms with Gasteiger partial charge in [-0.05, 0) is 6.92 Å². The number of hydrogen-bond acceptors (Lipinski definition) is 5. The summed E-state index contributed by atoms with van der Waals surface area (Å²) in [6.45, 7) is 2.16. The summed E-state index contributed by atoms with van der Waals surface area (Å²) in [5.41, 5.74) is 0. The first-order valence-electron chi connectivity index (χ1n) is 4.00. The van der Waals surface area contributed by atoms with Gasteiger partial charge in [-0.25, -0.2) is 4.98 Å². The third-order valence-corrected chi connectivity index (χ3v) is 3.00. The van der Waals surface area contributed by atoms with Crippen molar-refractivity contribution in [1.29, 1.82) is 5.26 Å². The highest BCUT2D eigenvalue weighted by molar-refractivity contribution is 7.16. The number of likely N-dealkylation sites (N-methyl/N-ethyl adjacent to an activating group) is 1. The molecule has 0 aliphatic carbocycles. The summed E-state index contributed by atoms with van der Waals surface area (Å²) in [6, 6.07) is 1.96. The van der Waals surface area contributed by atoms with Crippen molar-refractivity contribution in [3.8, 4) is 6.07 Å². The standard InChI is InChI=1S/C8H10ClN3OS/c1-5(13)4-12(2)8-11-7(9)6(3-10)14-8/h5,13H,4H2,1-2H3. The highest BCUT2D eigenvalue weighted by Crippen LogP contribution is 2.28. The molecule has 0 amide bonds. The quantitative estimate of drug-likeness (QED) is 0.856. The number of halogens is 1. The minimum atomic E-state index is -0.437. The molecule has 0 fully saturated rings. The van der Waals surface area contributed by atoms with Crippen LogP contribution in [0.25, 0.3) is 0 Å². The molecule has 1 aromatic heterocycles. The molecule has 1 rings (SSSR count). The maximum absolute atomic E-state index is 9.15. The van der Waals surface area contributed by atoms with Crippen LogP contribution < -0.4 is 4.90 Å². The molecule has 1 unspecified atom stereocenters. The van der Waals surface area contributed by atoms with Gasteiger partial charge >= 0.3 is 0 Å². The molecule has 0 saturated carbocycles. The number of thiazole rings is 1. The van der Waals surface area contributed by atoms with E-state index in [0.29, 0.717) is 16.6 Å². The summed E-state index contributed by atoms with van der Waals surface area (Å²) >= 11 is 6.93. The molecular weight excluding hydrogens is 222 g/mol. The van der Waals surface area contributed by atoms with Crippen molar-refractivity contribution in [3.63, 3.8) is 0 Å². The Labute approximate surface area is 91.4 Å². The SMILES string of the molecule is CC(O)CN(C)c1nc(Cl)c(C#N)s1. The zero-order chi connectivity index (χ0) is 10.7. The molecule has 1 heterocycles. The number of aliphatic hydroxyl groups is 1. The van der Waals surface area contributed by atoms with E-state index in [-0.39, 0.29) is 5.15 Å². The van der Waals surface area contributed by atoms with E-state index in [1.54, 1.807) is 18.9 Å². The van der Waals surface area contributed by atoms with Gasteiger partial charge in [0.05, 0.1) is 6.10 Å². The third kappa shape index (κ3) is 2.58. The Balaban J connectivity index is 2.81. The van der Waals surface area contributed by atoms with Gasteiger partial charge in [0.2, 0.25) is 0 Å². The monoisotopic (exact) mass is 231 g/mol. The second kappa shape index (κ2) is 4.60. The Kier molecular flexibility index (Phi) is 3.69. The molecule has 0 aliphatic rings. The number of hydrogen-bond donors (Lipinski definition) is 1. The normalized spacial score (nSPS) is 12.2. The van der Waals surface area contributed by atoms with Gasteiger partial charge < -0.3 is 10.0 Å². The summed E-state index contributed by atoms with van der Waals surface area (Å²) < 4.78 is 0. The second-order valence-electron chi connectivity index (χ2n) is 2.96. The average Bonchev–Trinajstić information content (AvgIpc) is 2.45.